The summed E-state index contributed by atoms with van der Waals surface area (Å²) in [7, 11) is -3.57. The number of hydrogen-bond donors (Lipinski definition) is 2. The van der Waals surface area contributed by atoms with E-state index < -0.39 is 15.9 Å². The zero-order chi connectivity index (χ0) is 11.5. The van der Waals surface area contributed by atoms with Crippen molar-refractivity contribution in [2.24, 2.45) is 5.14 Å². The Morgan fingerprint density at radius 3 is 2.67 bits per heavy atom. The molecule has 1 aromatic rings. The first-order valence-electron chi connectivity index (χ1n) is 3.66. The molecule has 1 amide bonds. The minimum atomic E-state index is -3.57. The smallest absolute Gasteiger partial charge is 0.282 e. The zero-order valence-corrected chi connectivity index (χ0v) is 9.69. The molecule has 0 aromatic carbocycles. The van der Waals surface area contributed by atoms with Crippen molar-refractivity contribution >= 4 is 38.9 Å². The summed E-state index contributed by atoms with van der Waals surface area (Å²) in [5.41, 5.74) is 0. The van der Waals surface area contributed by atoms with E-state index in [1.165, 1.54) is 0 Å². The second-order valence-electron chi connectivity index (χ2n) is 2.48. The standard InChI is InChI=1S/C5H7ClN4O3S2/c6-5-10-9-4(14-5)3(11)8-1-2-15(7,12)13/h1-2H2,(H,8,11)(H2,7,12,13). The monoisotopic (exact) mass is 270 g/mol. The fraction of sp³-hybridized carbons (Fsp3) is 0.400. The van der Waals surface area contributed by atoms with E-state index in [0.717, 1.165) is 11.3 Å². The molecule has 7 nitrogen and oxygen atoms in total. The molecule has 1 aromatic heterocycles. The Hall–Kier alpha value is -0.770. The number of aromatic nitrogens is 2. The number of hydrogen-bond acceptors (Lipinski definition) is 6. The van der Waals surface area contributed by atoms with Crippen LogP contribution in [0.15, 0.2) is 0 Å². The van der Waals surface area contributed by atoms with Crippen LogP contribution >= 0.6 is 22.9 Å². The molecule has 0 saturated heterocycles. The van der Waals surface area contributed by atoms with Gasteiger partial charge in [-0.05, 0) is 11.6 Å². The number of amides is 1. The van der Waals surface area contributed by atoms with Crippen LogP contribution in [0.3, 0.4) is 0 Å². The van der Waals surface area contributed by atoms with E-state index in [1.807, 2.05) is 0 Å². The maximum absolute atomic E-state index is 11.2. The van der Waals surface area contributed by atoms with E-state index in [0.29, 0.717) is 0 Å². The Morgan fingerprint density at radius 1 is 1.53 bits per heavy atom. The number of carbonyl (C=O) groups is 1. The van der Waals surface area contributed by atoms with E-state index in [1.54, 1.807) is 0 Å². The summed E-state index contributed by atoms with van der Waals surface area (Å²) in [5, 5.41) is 14.0. The molecule has 0 fully saturated rings. The van der Waals surface area contributed by atoms with Crippen molar-refractivity contribution in [3.05, 3.63) is 9.47 Å². The Kier molecular flexibility index (Phi) is 3.97. The minimum Gasteiger partial charge on any atom is -0.349 e. The molecular weight excluding hydrogens is 264 g/mol. The average molecular weight is 271 g/mol. The summed E-state index contributed by atoms with van der Waals surface area (Å²) < 4.78 is 21.2. The summed E-state index contributed by atoms with van der Waals surface area (Å²) in [6.45, 7) is -0.0745. The Balaban J connectivity index is 2.44. The van der Waals surface area contributed by atoms with Crippen molar-refractivity contribution in [3.8, 4) is 0 Å². The maximum Gasteiger partial charge on any atom is 0.282 e. The van der Waals surface area contributed by atoms with Crippen molar-refractivity contribution in [2.45, 2.75) is 0 Å². The van der Waals surface area contributed by atoms with Crippen molar-refractivity contribution in [1.29, 1.82) is 0 Å². The van der Waals surface area contributed by atoms with Crippen molar-refractivity contribution in [1.82, 2.24) is 15.5 Å². The lowest BCUT2D eigenvalue weighted by Gasteiger charge is -2.00. The molecule has 10 heteroatoms. The number of primary sulfonamides is 1. The number of carbonyl (C=O) groups excluding carboxylic acids is 1. The maximum atomic E-state index is 11.2. The van der Waals surface area contributed by atoms with Gasteiger partial charge in [-0.2, -0.15) is 0 Å². The molecule has 0 spiro atoms. The van der Waals surface area contributed by atoms with E-state index in [-0.39, 0.29) is 21.8 Å². The molecule has 0 saturated carbocycles. The summed E-state index contributed by atoms with van der Waals surface area (Å²) in [6, 6.07) is 0. The fourth-order valence-electron chi connectivity index (χ4n) is 0.680. The van der Waals surface area contributed by atoms with Crippen LogP contribution < -0.4 is 10.5 Å². The molecule has 0 unspecified atom stereocenters. The molecule has 0 atom stereocenters. The third kappa shape index (κ3) is 4.51. The molecule has 3 N–H and O–H groups in total. The van der Waals surface area contributed by atoms with Crippen LogP contribution in [-0.2, 0) is 10.0 Å². The molecule has 0 radical (unpaired) electrons. The van der Waals surface area contributed by atoms with Gasteiger partial charge in [-0.1, -0.05) is 11.3 Å². The fourth-order valence-corrected chi connectivity index (χ4v) is 1.81. The van der Waals surface area contributed by atoms with Gasteiger partial charge in [0.05, 0.1) is 5.75 Å². The number of nitrogens with one attached hydrogen (secondary N) is 1. The zero-order valence-electron chi connectivity index (χ0n) is 7.31. The van der Waals surface area contributed by atoms with E-state index >= 15 is 0 Å². The van der Waals surface area contributed by atoms with Gasteiger partial charge < -0.3 is 5.32 Å². The van der Waals surface area contributed by atoms with Gasteiger partial charge in [-0.25, -0.2) is 13.6 Å². The molecule has 1 rings (SSSR count). The predicted octanol–water partition coefficient (Wildman–Crippen LogP) is -0.790. The minimum absolute atomic E-state index is 0.0745. The van der Waals surface area contributed by atoms with E-state index in [2.05, 4.69) is 15.5 Å². The van der Waals surface area contributed by atoms with Gasteiger partial charge in [-0.15, -0.1) is 10.2 Å². The summed E-state index contributed by atoms with van der Waals surface area (Å²) >= 11 is 6.36. The van der Waals surface area contributed by atoms with Gasteiger partial charge in [0.15, 0.2) is 0 Å². The first kappa shape index (κ1) is 12.3. The number of rotatable bonds is 4. The van der Waals surface area contributed by atoms with Crippen molar-refractivity contribution < 1.29 is 13.2 Å². The summed E-state index contributed by atoms with van der Waals surface area (Å²) in [5.74, 6) is -0.853. The molecule has 0 aliphatic rings. The highest BCUT2D eigenvalue weighted by atomic mass is 35.5. The van der Waals surface area contributed by atoms with E-state index in [9.17, 15) is 13.2 Å². The van der Waals surface area contributed by atoms with Crippen LogP contribution in [0.25, 0.3) is 0 Å². The summed E-state index contributed by atoms with van der Waals surface area (Å²) in [6.07, 6.45) is 0. The number of nitrogens with zero attached hydrogens (tertiary/aromatic N) is 2. The summed E-state index contributed by atoms with van der Waals surface area (Å²) in [4.78, 5) is 11.2. The number of sulfonamides is 1. The van der Waals surface area contributed by atoms with Crippen LogP contribution in [0.5, 0.6) is 0 Å². The topological polar surface area (TPSA) is 115 Å². The molecule has 1 heterocycles. The van der Waals surface area contributed by atoms with Crippen molar-refractivity contribution in [2.75, 3.05) is 12.3 Å². The second kappa shape index (κ2) is 4.84. The van der Waals surface area contributed by atoms with Crippen LogP contribution in [0.2, 0.25) is 4.47 Å². The molecule has 15 heavy (non-hydrogen) atoms. The highest BCUT2D eigenvalue weighted by Gasteiger charge is 2.12. The van der Waals surface area contributed by atoms with E-state index in [4.69, 9.17) is 16.7 Å². The first-order valence-corrected chi connectivity index (χ1v) is 6.57. The SMILES string of the molecule is NS(=O)(=O)CCNC(=O)c1nnc(Cl)s1. The lowest BCUT2D eigenvalue weighted by atomic mass is 10.6. The van der Waals surface area contributed by atoms with Gasteiger partial charge in [-0.3, -0.25) is 4.79 Å². The van der Waals surface area contributed by atoms with Gasteiger partial charge in [0.1, 0.15) is 0 Å². The predicted molar refractivity (Wildman–Crippen MR) is 55.2 cm³/mol. The van der Waals surface area contributed by atoms with Gasteiger partial charge in [0.25, 0.3) is 5.91 Å². The molecule has 0 aliphatic heterocycles. The third-order valence-electron chi connectivity index (χ3n) is 1.27. The highest BCUT2D eigenvalue weighted by Crippen LogP contribution is 2.14. The van der Waals surface area contributed by atoms with Gasteiger partial charge in [0, 0.05) is 6.54 Å². The van der Waals surface area contributed by atoms with Crippen LogP contribution in [-0.4, -0.2) is 36.8 Å². The lowest BCUT2D eigenvalue weighted by Crippen LogP contribution is -2.31. The quantitative estimate of drug-likeness (QED) is 0.744. The van der Waals surface area contributed by atoms with Gasteiger partial charge in [0.2, 0.25) is 19.5 Å². The third-order valence-corrected chi connectivity index (χ3v) is 3.06. The van der Waals surface area contributed by atoms with Crippen molar-refractivity contribution in [3.63, 3.8) is 0 Å². The van der Waals surface area contributed by atoms with Crippen LogP contribution in [0.4, 0.5) is 0 Å². The largest absolute Gasteiger partial charge is 0.349 e. The molecule has 84 valence electrons. The average Bonchev–Trinajstić information content (AvgIpc) is 2.49. The van der Waals surface area contributed by atoms with Crippen LogP contribution in [0, 0.1) is 0 Å². The lowest BCUT2D eigenvalue weighted by molar-refractivity contribution is 0.0955. The Bertz CT molecular complexity index is 457. The number of nitrogens with two attached hydrogens (primary N) is 1. The normalized spacial score (nSPS) is 11.3. The number of halogens is 1. The molecule has 0 bridgehead atoms. The second-order valence-corrected chi connectivity index (χ2v) is 5.78. The molecule has 0 aliphatic carbocycles. The van der Waals surface area contributed by atoms with Gasteiger partial charge >= 0.3 is 0 Å². The Morgan fingerprint density at radius 2 is 2.20 bits per heavy atom. The Labute approximate surface area is 94.7 Å². The first-order chi connectivity index (χ1) is 6.88. The molecular formula is C5H7ClN4O3S2. The highest BCUT2D eigenvalue weighted by molar-refractivity contribution is 7.89. The van der Waals surface area contributed by atoms with Crippen LogP contribution in [0.1, 0.15) is 9.80 Å².